The van der Waals surface area contributed by atoms with Crippen molar-refractivity contribution in [3.63, 3.8) is 0 Å². The van der Waals surface area contributed by atoms with Crippen LogP contribution >= 0.6 is 15.9 Å². The molecule has 110 valence electrons. The zero-order chi connectivity index (χ0) is 14.4. The fourth-order valence-corrected chi connectivity index (χ4v) is 3.40. The third kappa shape index (κ3) is 3.85. The summed E-state index contributed by atoms with van der Waals surface area (Å²) < 4.78 is 0. The van der Waals surface area contributed by atoms with Crippen molar-refractivity contribution in [2.45, 2.75) is 44.4 Å². The molecule has 0 spiro atoms. The maximum Gasteiger partial charge on any atom is 0.229 e. The topological polar surface area (TPSA) is 20.3 Å². The first-order valence-electron chi connectivity index (χ1n) is 7.62. The Hall–Kier alpha value is -0.830. The summed E-state index contributed by atoms with van der Waals surface area (Å²) in [5, 5.41) is 1.06. The van der Waals surface area contributed by atoms with Gasteiger partial charge >= 0.3 is 0 Å². The van der Waals surface area contributed by atoms with E-state index >= 15 is 0 Å². The van der Waals surface area contributed by atoms with Gasteiger partial charge in [-0.1, -0.05) is 46.6 Å². The summed E-state index contributed by atoms with van der Waals surface area (Å²) in [5.74, 6) is 0.386. The number of alkyl halides is 1. The monoisotopic (exact) mass is 337 g/mol. The molecule has 0 N–H and O–H groups in total. The fraction of sp³-hybridized carbons (Fsp3) is 0.588. The molecule has 0 aliphatic heterocycles. The molecule has 1 atom stereocenters. The van der Waals surface area contributed by atoms with Gasteiger partial charge < -0.3 is 4.90 Å². The number of rotatable bonds is 6. The zero-order valence-electron chi connectivity index (χ0n) is 12.3. The van der Waals surface area contributed by atoms with E-state index in [9.17, 15) is 4.79 Å². The number of aryl methyl sites for hydroxylation is 1. The number of nitrogens with zero attached hydrogens (tertiary/aromatic N) is 1. The Kier molecular flexibility index (Phi) is 6.08. The van der Waals surface area contributed by atoms with E-state index in [1.54, 1.807) is 0 Å². The van der Waals surface area contributed by atoms with Crippen molar-refractivity contribution in [1.29, 1.82) is 0 Å². The summed E-state index contributed by atoms with van der Waals surface area (Å²) in [5.41, 5.74) is 2.63. The maximum absolute atomic E-state index is 12.6. The van der Waals surface area contributed by atoms with Crippen LogP contribution < -0.4 is 0 Å². The first-order valence-corrected chi connectivity index (χ1v) is 8.75. The molecule has 0 aromatic heterocycles. The van der Waals surface area contributed by atoms with E-state index in [4.69, 9.17) is 0 Å². The third-order valence-electron chi connectivity index (χ3n) is 4.17. The number of carbonyl (C=O) groups excluding carboxylic acids is 1. The van der Waals surface area contributed by atoms with Crippen LogP contribution in [0.15, 0.2) is 24.3 Å². The predicted octanol–water partition coefficient (Wildman–Crippen LogP) is 4.13. The average molecular weight is 338 g/mol. The molecule has 20 heavy (non-hydrogen) atoms. The lowest BCUT2D eigenvalue weighted by Crippen LogP contribution is -2.34. The van der Waals surface area contributed by atoms with E-state index in [-0.39, 0.29) is 5.92 Å². The molecule has 0 fully saturated rings. The van der Waals surface area contributed by atoms with E-state index < -0.39 is 0 Å². The number of unbranched alkanes of at least 4 members (excludes halogenated alkanes) is 2. The van der Waals surface area contributed by atoms with Gasteiger partial charge in [-0.2, -0.15) is 0 Å². The molecule has 0 saturated heterocycles. The zero-order valence-corrected chi connectivity index (χ0v) is 13.9. The van der Waals surface area contributed by atoms with Crippen LogP contribution in [-0.4, -0.2) is 29.7 Å². The molecule has 0 heterocycles. The SMILES string of the molecule is CN(CCCCCBr)C(=O)C1CCCc2ccccc21. The van der Waals surface area contributed by atoms with Crippen LogP contribution in [0.25, 0.3) is 0 Å². The van der Waals surface area contributed by atoms with Gasteiger partial charge in [0, 0.05) is 18.9 Å². The summed E-state index contributed by atoms with van der Waals surface area (Å²) in [6, 6.07) is 8.44. The maximum atomic E-state index is 12.6. The Bertz CT molecular complexity index is 446. The molecule has 1 unspecified atom stereocenters. The van der Waals surface area contributed by atoms with Gasteiger partial charge in [0.25, 0.3) is 0 Å². The van der Waals surface area contributed by atoms with Gasteiger partial charge in [-0.05, 0) is 43.2 Å². The third-order valence-corrected chi connectivity index (χ3v) is 4.73. The van der Waals surface area contributed by atoms with Crippen LogP contribution in [0, 0.1) is 0 Å². The lowest BCUT2D eigenvalue weighted by Gasteiger charge is -2.28. The number of halogens is 1. The fourth-order valence-electron chi connectivity index (χ4n) is 3.01. The minimum Gasteiger partial charge on any atom is -0.345 e. The van der Waals surface area contributed by atoms with E-state index in [0.29, 0.717) is 5.91 Å². The highest BCUT2D eigenvalue weighted by Crippen LogP contribution is 2.32. The molecule has 1 aromatic carbocycles. The number of hydrogen-bond donors (Lipinski definition) is 0. The quantitative estimate of drug-likeness (QED) is 0.564. The number of carbonyl (C=O) groups is 1. The second-order valence-electron chi connectivity index (χ2n) is 5.65. The Morgan fingerprint density at radius 1 is 1.30 bits per heavy atom. The minimum absolute atomic E-state index is 0.0844. The average Bonchev–Trinajstić information content (AvgIpc) is 2.50. The molecular weight excluding hydrogens is 314 g/mol. The van der Waals surface area contributed by atoms with Gasteiger partial charge in [-0.15, -0.1) is 0 Å². The van der Waals surface area contributed by atoms with Crippen LogP contribution in [0.1, 0.15) is 49.1 Å². The molecule has 1 aliphatic rings. The molecule has 3 heteroatoms. The lowest BCUT2D eigenvalue weighted by atomic mass is 9.82. The summed E-state index contributed by atoms with van der Waals surface area (Å²) in [6.45, 7) is 0.879. The Balaban J connectivity index is 1.96. The Morgan fingerprint density at radius 2 is 2.10 bits per heavy atom. The number of likely N-dealkylation sites (N-methyl/N-ethyl adjacent to an activating group) is 1. The van der Waals surface area contributed by atoms with Crippen molar-refractivity contribution in [1.82, 2.24) is 4.90 Å². The molecule has 0 radical (unpaired) electrons. The highest BCUT2D eigenvalue weighted by Gasteiger charge is 2.27. The van der Waals surface area contributed by atoms with Crippen LogP contribution in [0.5, 0.6) is 0 Å². The van der Waals surface area contributed by atoms with Gasteiger partial charge in [-0.3, -0.25) is 4.79 Å². The van der Waals surface area contributed by atoms with E-state index in [0.717, 1.165) is 37.6 Å². The first-order chi connectivity index (χ1) is 9.74. The lowest BCUT2D eigenvalue weighted by molar-refractivity contribution is -0.131. The summed E-state index contributed by atoms with van der Waals surface area (Å²) in [6.07, 6.45) is 6.72. The molecule has 2 rings (SSSR count). The molecule has 0 saturated carbocycles. The summed E-state index contributed by atoms with van der Waals surface area (Å²) >= 11 is 3.45. The Labute approximate surface area is 130 Å². The van der Waals surface area contributed by atoms with Crippen molar-refractivity contribution < 1.29 is 4.79 Å². The summed E-state index contributed by atoms with van der Waals surface area (Å²) in [7, 11) is 1.95. The van der Waals surface area contributed by atoms with Crippen molar-refractivity contribution in [2.75, 3.05) is 18.9 Å². The van der Waals surface area contributed by atoms with Crippen molar-refractivity contribution in [2.24, 2.45) is 0 Å². The van der Waals surface area contributed by atoms with E-state index in [2.05, 4.69) is 40.2 Å². The molecule has 1 aliphatic carbocycles. The van der Waals surface area contributed by atoms with Crippen molar-refractivity contribution >= 4 is 21.8 Å². The minimum atomic E-state index is 0.0844. The standard InChI is InChI=1S/C17H24BrNO/c1-19(13-6-2-5-12-18)17(20)16-11-7-9-14-8-3-4-10-15(14)16/h3-4,8,10,16H,2,5-7,9,11-13H2,1H3. The predicted molar refractivity (Wildman–Crippen MR) is 87.4 cm³/mol. The van der Waals surface area contributed by atoms with Gasteiger partial charge in [0.2, 0.25) is 5.91 Å². The van der Waals surface area contributed by atoms with Gasteiger partial charge in [0.05, 0.1) is 5.92 Å². The molecule has 2 nitrogen and oxygen atoms in total. The second-order valence-corrected chi connectivity index (χ2v) is 6.45. The first kappa shape index (κ1) is 15.6. The molecular formula is C17H24BrNO. The second kappa shape index (κ2) is 7.82. The number of benzene rings is 1. The van der Waals surface area contributed by atoms with Gasteiger partial charge in [0.15, 0.2) is 0 Å². The molecule has 1 amide bonds. The van der Waals surface area contributed by atoms with E-state index in [1.165, 1.54) is 24.0 Å². The highest BCUT2D eigenvalue weighted by molar-refractivity contribution is 9.09. The summed E-state index contributed by atoms with van der Waals surface area (Å²) in [4.78, 5) is 14.6. The normalized spacial score (nSPS) is 17.6. The number of amides is 1. The van der Waals surface area contributed by atoms with Crippen molar-refractivity contribution in [3.05, 3.63) is 35.4 Å². The van der Waals surface area contributed by atoms with Crippen LogP contribution in [0.2, 0.25) is 0 Å². The Morgan fingerprint density at radius 3 is 2.90 bits per heavy atom. The van der Waals surface area contributed by atoms with Gasteiger partial charge in [0.1, 0.15) is 0 Å². The highest BCUT2D eigenvalue weighted by atomic mass is 79.9. The molecule has 0 bridgehead atoms. The molecule has 1 aromatic rings. The van der Waals surface area contributed by atoms with Crippen LogP contribution in [-0.2, 0) is 11.2 Å². The smallest absolute Gasteiger partial charge is 0.229 e. The number of hydrogen-bond acceptors (Lipinski definition) is 1. The van der Waals surface area contributed by atoms with Crippen molar-refractivity contribution in [3.8, 4) is 0 Å². The van der Waals surface area contributed by atoms with Crippen LogP contribution in [0.3, 0.4) is 0 Å². The van der Waals surface area contributed by atoms with Crippen LogP contribution in [0.4, 0.5) is 0 Å². The number of fused-ring (bicyclic) bond motifs is 1. The van der Waals surface area contributed by atoms with E-state index in [1.807, 2.05) is 11.9 Å². The largest absolute Gasteiger partial charge is 0.345 e. The van der Waals surface area contributed by atoms with Gasteiger partial charge in [-0.25, -0.2) is 0 Å².